The molecule has 3 amide bonds. The quantitative estimate of drug-likeness (QED) is 0.217. The largest absolute Gasteiger partial charge is 0.396 e. The highest BCUT2D eigenvalue weighted by molar-refractivity contribution is 8.02. The Kier molecular flexibility index (Phi) is 10.3. The number of aliphatic hydroxyl groups excluding tert-OH is 1. The molecular weight excluding hydrogens is 558 g/mol. The average Bonchev–Trinajstić information content (AvgIpc) is 3.52. The van der Waals surface area contributed by atoms with Gasteiger partial charge in [-0.3, -0.25) is 14.4 Å². The number of nitrogens with zero attached hydrogens (tertiary/aromatic N) is 3. The SMILES string of the molecule is C=CCN(CCC)C(=O)[C@H]1[C@H]2C(=O)N(CCCCCCO)C(C(=O)N(CC=C)c3ccc(Cl)cc3)C23CC[C@]1(C)S3. The van der Waals surface area contributed by atoms with Crippen LogP contribution in [0.5, 0.6) is 0 Å². The Labute approximate surface area is 254 Å². The minimum Gasteiger partial charge on any atom is -0.396 e. The van der Waals surface area contributed by atoms with E-state index in [1.165, 1.54) is 0 Å². The molecular formula is C32H44ClN3O4S. The van der Waals surface area contributed by atoms with Crippen molar-refractivity contribution in [1.29, 1.82) is 0 Å². The molecule has 3 heterocycles. The number of likely N-dealkylation sites (tertiary alicyclic amines) is 1. The number of halogens is 1. The van der Waals surface area contributed by atoms with Crippen LogP contribution >= 0.6 is 23.4 Å². The number of fused-ring (bicyclic) bond motifs is 1. The number of rotatable bonds is 15. The van der Waals surface area contributed by atoms with Gasteiger partial charge < -0.3 is 19.8 Å². The van der Waals surface area contributed by atoms with Crippen molar-refractivity contribution >= 4 is 46.8 Å². The van der Waals surface area contributed by atoms with Crippen LogP contribution in [0.2, 0.25) is 5.02 Å². The van der Waals surface area contributed by atoms with Crippen LogP contribution in [-0.4, -0.2) is 80.9 Å². The second-order valence-corrected chi connectivity index (χ2v) is 14.0. The third-order valence-corrected chi connectivity index (χ3v) is 11.2. The summed E-state index contributed by atoms with van der Waals surface area (Å²) in [5.74, 6) is -1.26. The van der Waals surface area contributed by atoms with Gasteiger partial charge >= 0.3 is 0 Å². The van der Waals surface area contributed by atoms with Gasteiger partial charge in [-0.1, -0.05) is 43.5 Å². The molecule has 0 aromatic heterocycles. The van der Waals surface area contributed by atoms with Crippen LogP contribution in [-0.2, 0) is 14.4 Å². The Bertz CT molecular complexity index is 1150. The fraction of sp³-hybridized carbons (Fsp3) is 0.594. The number of thioether (sulfide) groups is 1. The van der Waals surface area contributed by atoms with Gasteiger partial charge in [0.25, 0.3) is 5.91 Å². The molecule has 0 saturated carbocycles. The topological polar surface area (TPSA) is 81.2 Å². The highest BCUT2D eigenvalue weighted by Gasteiger charge is 2.77. The number of benzene rings is 1. The van der Waals surface area contributed by atoms with Gasteiger partial charge in [-0.15, -0.1) is 24.9 Å². The highest BCUT2D eigenvalue weighted by atomic mass is 35.5. The number of amides is 3. The van der Waals surface area contributed by atoms with E-state index in [4.69, 9.17) is 11.6 Å². The molecule has 7 nitrogen and oxygen atoms in total. The van der Waals surface area contributed by atoms with Crippen LogP contribution < -0.4 is 4.90 Å². The predicted octanol–water partition coefficient (Wildman–Crippen LogP) is 5.32. The van der Waals surface area contributed by atoms with Crippen molar-refractivity contribution in [2.24, 2.45) is 11.8 Å². The smallest absolute Gasteiger partial charge is 0.251 e. The Balaban J connectivity index is 1.75. The molecule has 3 fully saturated rings. The highest BCUT2D eigenvalue weighted by Crippen LogP contribution is 2.71. The predicted molar refractivity (Wildman–Crippen MR) is 167 cm³/mol. The molecule has 1 spiro atoms. The van der Waals surface area contributed by atoms with Crippen molar-refractivity contribution in [3.8, 4) is 0 Å². The monoisotopic (exact) mass is 601 g/mol. The lowest BCUT2D eigenvalue weighted by atomic mass is 9.66. The number of hydrogen-bond acceptors (Lipinski definition) is 5. The summed E-state index contributed by atoms with van der Waals surface area (Å²) in [7, 11) is 0. The van der Waals surface area contributed by atoms with Crippen molar-refractivity contribution in [2.45, 2.75) is 74.3 Å². The maximum Gasteiger partial charge on any atom is 0.251 e. The molecule has 3 aliphatic rings. The maximum absolute atomic E-state index is 14.7. The van der Waals surface area contributed by atoms with E-state index in [0.717, 1.165) is 32.1 Å². The minimum atomic E-state index is -0.683. The molecule has 41 heavy (non-hydrogen) atoms. The Morgan fingerprint density at radius 2 is 1.78 bits per heavy atom. The van der Waals surface area contributed by atoms with E-state index in [9.17, 15) is 19.5 Å². The summed E-state index contributed by atoms with van der Waals surface area (Å²) in [5.41, 5.74) is 0.700. The lowest BCUT2D eigenvalue weighted by Crippen LogP contribution is -2.55. The minimum absolute atomic E-state index is 0.00156. The van der Waals surface area contributed by atoms with Gasteiger partial charge in [0.2, 0.25) is 11.8 Å². The zero-order valence-electron chi connectivity index (χ0n) is 24.4. The molecule has 1 N–H and O–H groups in total. The standard InChI is InChI=1S/C32H44ClN3O4S/c1-5-18-34(19-6-2)28(38)25-26-29(39)36(21-10-8-9-11-22-37)27(32(26)17-16-31(25,4)41-32)30(40)35(20-7-3)24-14-12-23(33)13-15-24/h5,7,12-15,25-27,37H,1,3,6,8-11,16-22H2,2,4H3/t25-,26+,27?,31+,32?/m1/s1. The molecule has 1 aromatic carbocycles. The van der Waals surface area contributed by atoms with Crippen molar-refractivity contribution < 1.29 is 19.5 Å². The van der Waals surface area contributed by atoms with Crippen molar-refractivity contribution in [3.63, 3.8) is 0 Å². The lowest BCUT2D eigenvalue weighted by Gasteiger charge is -2.38. The van der Waals surface area contributed by atoms with Crippen LogP contribution in [0.25, 0.3) is 0 Å². The molecule has 224 valence electrons. The molecule has 0 radical (unpaired) electrons. The van der Waals surface area contributed by atoms with Gasteiger partial charge in [0.15, 0.2) is 0 Å². The number of hydrogen-bond donors (Lipinski definition) is 1. The van der Waals surface area contributed by atoms with Crippen LogP contribution in [0.15, 0.2) is 49.6 Å². The van der Waals surface area contributed by atoms with Gasteiger partial charge in [-0.25, -0.2) is 0 Å². The van der Waals surface area contributed by atoms with E-state index in [1.807, 2.05) is 24.0 Å². The van der Waals surface area contributed by atoms with E-state index in [-0.39, 0.29) is 24.3 Å². The Morgan fingerprint density at radius 3 is 2.41 bits per heavy atom. The molecule has 4 rings (SSSR count). The second-order valence-electron chi connectivity index (χ2n) is 11.7. The van der Waals surface area contributed by atoms with Crippen LogP contribution in [0.3, 0.4) is 0 Å². The summed E-state index contributed by atoms with van der Waals surface area (Å²) in [5, 5.41) is 9.78. The summed E-state index contributed by atoms with van der Waals surface area (Å²) in [4.78, 5) is 48.6. The number of unbranched alkanes of at least 4 members (excludes halogenated alkanes) is 3. The van der Waals surface area contributed by atoms with E-state index >= 15 is 0 Å². The van der Waals surface area contributed by atoms with Gasteiger partial charge in [0.05, 0.1) is 16.6 Å². The fourth-order valence-electron chi connectivity index (χ4n) is 7.20. The first-order valence-electron chi connectivity index (χ1n) is 14.9. The molecule has 2 bridgehead atoms. The lowest BCUT2D eigenvalue weighted by molar-refractivity contribution is -0.145. The fourth-order valence-corrected chi connectivity index (χ4v) is 9.67. The molecule has 2 unspecified atom stereocenters. The van der Waals surface area contributed by atoms with E-state index in [0.29, 0.717) is 49.7 Å². The van der Waals surface area contributed by atoms with Crippen molar-refractivity contribution in [2.75, 3.05) is 37.7 Å². The van der Waals surface area contributed by atoms with E-state index < -0.39 is 27.4 Å². The Hall–Kier alpha value is -2.29. The maximum atomic E-state index is 14.7. The number of aliphatic hydroxyl groups is 1. The van der Waals surface area contributed by atoms with Gasteiger partial charge in [-0.05, 0) is 63.3 Å². The first-order chi connectivity index (χ1) is 19.7. The molecule has 3 aliphatic heterocycles. The van der Waals surface area contributed by atoms with Crippen LogP contribution in [0.1, 0.15) is 58.8 Å². The molecule has 3 saturated heterocycles. The van der Waals surface area contributed by atoms with Crippen molar-refractivity contribution in [1.82, 2.24) is 9.80 Å². The zero-order valence-corrected chi connectivity index (χ0v) is 26.0. The summed E-state index contributed by atoms with van der Waals surface area (Å²) in [6.07, 6.45) is 8.92. The summed E-state index contributed by atoms with van der Waals surface area (Å²) >= 11 is 7.86. The summed E-state index contributed by atoms with van der Waals surface area (Å²) in [6.45, 7) is 13.8. The van der Waals surface area contributed by atoms with Crippen LogP contribution in [0, 0.1) is 11.8 Å². The molecule has 1 aromatic rings. The zero-order chi connectivity index (χ0) is 29.8. The van der Waals surface area contributed by atoms with E-state index in [1.54, 1.807) is 45.8 Å². The second kappa shape index (κ2) is 13.3. The average molecular weight is 602 g/mol. The molecule has 5 atom stereocenters. The van der Waals surface area contributed by atoms with Crippen molar-refractivity contribution in [3.05, 3.63) is 54.6 Å². The number of carbonyl (C=O) groups excluding carboxylic acids is 3. The third-order valence-electron chi connectivity index (χ3n) is 8.95. The van der Waals surface area contributed by atoms with Crippen LogP contribution in [0.4, 0.5) is 5.69 Å². The molecule has 0 aliphatic carbocycles. The first-order valence-corrected chi connectivity index (χ1v) is 16.1. The third kappa shape index (κ3) is 5.84. The number of carbonyl (C=O) groups is 3. The summed E-state index contributed by atoms with van der Waals surface area (Å²) in [6, 6.07) is 6.47. The van der Waals surface area contributed by atoms with Gasteiger partial charge in [-0.2, -0.15) is 0 Å². The number of anilines is 1. The normalized spacial score (nSPS) is 28.0. The van der Waals surface area contributed by atoms with E-state index in [2.05, 4.69) is 20.1 Å². The summed E-state index contributed by atoms with van der Waals surface area (Å²) < 4.78 is -1.09. The first kappa shape index (κ1) is 31.6. The van der Waals surface area contributed by atoms with Gasteiger partial charge in [0.1, 0.15) is 6.04 Å². The Morgan fingerprint density at radius 1 is 1.10 bits per heavy atom. The molecule has 9 heteroatoms. The van der Waals surface area contributed by atoms with Gasteiger partial charge in [0, 0.05) is 48.2 Å².